The molecule has 10 heteroatoms. The van der Waals surface area contributed by atoms with Crippen molar-refractivity contribution in [3.05, 3.63) is 83.3 Å². The van der Waals surface area contributed by atoms with Crippen LogP contribution in [0.15, 0.2) is 70.7 Å². The number of carbonyl (C=O) groups is 2. The average Bonchev–Trinajstić information content (AvgIpc) is 3.34. The van der Waals surface area contributed by atoms with Crippen LogP contribution in [0.4, 0.5) is 18.9 Å². The second-order valence-electron chi connectivity index (χ2n) is 7.39. The first-order chi connectivity index (χ1) is 16.1. The molecule has 1 fully saturated rings. The fraction of sp³-hybridized carbons (Fsp3) is 0.167. The van der Waals surface area contributed by atoms with Crippen molar-refractivity contribution >= 4 is 23.1 Å². The summed E-state index contributed by atoms with van der Waals surface area (Å²) in [6.45, 7) is 1.67. The first kappa shape index (κ1) is 23.0. The van der Waals surface area contributed by atoms with Gasteiger partial charge >= 0.3 is 6.36 Å². The predicted molar refractivity (Wildman–Crippen MR) is 114 cm³/mol. The maximum atomic E-state index is 13.0. The number of carbonyl (C=O) groups excluding carboxylic acids is 2. The zero-order valence-corrected chi connectivity index (χ0v) is 17.9. The van der Waals surface area contributed by atoms with E-state index in [4.69, 9.17) is 9.15 Å². The molecule has 1 unspecified atom stereocenters. The number of ketones is 1. The molecule has 176 valence electrons. The van der Waals surface area contributed by atoms with E-state index in [0.29, 0.717) is 11.5 Å². The van der Waals surface area contributed by atoms with Crippen molar-refractivity contribution in [1.29, 1.82) is 0 Å². The molecule has 1 N–H and O–H groups in total. The van der Waals surface area contributed by atoms with Crippen LogP contribution in [0.2, 0.25) is 0 Å². The van der Waals surface area contributed by atoms with Gasteiger partial charge in [-0.2, -0.15) is 0 Å². The highest BCUT2D eigenvalue weighted by atomic mass is 19.4. The van der Waals surface area contributed by atoms with Gasteiger partial charge < -0.3 is 19.0 Å². The molecular weight excluding hydrogens is 455 g/mol. The van der Waals surface area contributed by atoms with E-state index in [1.165, 1.54) is 25.3 Å². The van der Waals surface area contributed by atoms with Crippen LogP contribution in [-0.4, -0.2) is 30.3 Å². The normalized spacial score (nSPS) is 17.8. The number of nitrogens with zero attached hydrogens (tertiary/aromatic N) is 1. The Balaban J connectivity index is 1.84. The summed E-state index contributed by atoms with van der Waals surface area (Å²) in [5, 5.41) is 11.0. The third kappa shape index (κ3) is 4.34. The molecule has 4 rings (SSSR count). The summed E-state index contributed by atoms with van der Waals surface area (Å²) in [6.07, 6.45) is -4.88. The van der Waals surface area contributed by atoms with Crippen LogP contribution in [0.3, 0.4) is 0 Å². The number of Topliss-reactive ketones (excluding diaryl/α,β-unsaturated/α-hetero) is 1. The molecule has 0 radical (unpaired) electrons. The summed E-state index contributed by atoms with van der Waals surface area (Å²) in [6, 6.07) is 12.8. The van der Waals surface area contributed by atoms with Gasteiger partial charge in [0.05, 0.1) is 12.7 Å². The Morgan fingerprint density at radius 2 is 1.74 bits per heavy atom. The quantitative estimate of drug-likeness (QED) is 0.314. The lowest BCUT2D eigenvalue weighted by Crippen LogP contribution is -2.29. The van der Waals surface area contributed by atoms with Gasteiger partial charge in [-0.05, 0) is 55.5 Å². The van der Waals surface area contributed by atoms with E-state index in [-0.39, 0.29) is 22.6 Å². The maximum Gasteiger partial charge on any atom is 0.573 e. The van der Waals surface area contributed by atoms with Crippen LogP contribution in [-0.2, 0) is 9.59 Å². The van der Waals surface area contributed by atoms with Crippen molar-refractivity contribution in [1.82, 2.24) is 0 Å². The number of ether oxygens (including phenoxy) is 2. The molecule has 1 amide bonds. The van der Waals surface area contributed by atoms with Gasteiger partial charge in [0, 0.05) is 11.3 Å². The molecule has 0 saturated carbocycles. The van der Waals surface area contributed by atoms with E-state index in [9.17, 15) is 27.9 Å². The number of hydrogen-bond acceptors (Lipinski definition) is 6. The van der Waals surface area contributed by atoms with Crippen molar-refractivity contribution in [3.63, 3.8) is 0 Å². The van der Waals surface area contributed by atoms with Gasteiger partial charge in [0.15, 0.2) is 0 Å². The molecule has 1 aliphatic rings. The number of aryl methyl sites for hydroxylation is 1. The SMILES string of the molecule is COc1cccc(/C(O)=C2/C(=O)C(=O)N(c3ccc(OC(F)(F)F)cc3)C2c2ccc(C)o2)c1. The summed E-state index contributed by atoms with van der Waals surface area (Å²) < 4.78 is 52.2. The largest absolute Gasteiger partial charge is 0.573 e. The minimum Gasteiger partial charge on any atom is -0.507 e. The minimum atomic E-state index is -4.88. The van der Waals surface area contributed by atoms with Crippen molar-refractivity contribution in [2.75, 3.05) is 12.0 Å². The summed E-state index contributed by atoms with van der Waals surface area (Å²) in [5.74, 6) is -1.79. The van der Waals surface area contributed by atoms with Gasteiger partial charge in [0.1, 0.15) is 34.8 Å². The lowest BCUT2D eigenvalue weighted by Gasteiger charge is -2.23. The van der Waals surface area contributed by atoms with E-state index in [2.05, 4.69) is 4.74 Å². The van der Waals surface area contributed by atoms with Crippen LogP contribution < -0.4 is 14.4 Å². The number of alkyl halides is 3. The van der Waals surface area contributed by atoms with E-state index >= 15 is 0 Å². The smallest absolute Gasteiger partial charge is 0.507 e. The molecule has 0 bridgehead atoms. The van der Waals surface area contributed by atoms with Crippen molar-refractivity contribution in [2.24, 2.45) is 0 Å². The van der Waals surface area contributed by atoms with Crippen LogP contribution in [0.5, 0.6) is 11.5 Å². The Labute approximate surface area is 191 Å². The summed E-state index contributed by atoms with van der Waals surface area (Å²) >= 11 is 0. The Hall–Kier alpha value is -4.21. The minimum absolute atomic E-state index is 0.111. The zero-order valence-electron chi connectivity index (χ0n) is 17.9. The topological polar surface area (TPSA) is 89.2 Å². The molecule has 1 aromatic heterocycles. The van der Waals surface area contributed by atoms with E-state index in [1.54, 1.807) is 37.3 Å². The molecule has 0 aliphatic carbocycles. The molecule has 1 atom stereocenters. The van der Waals surface area contributed by atoms with Gasteiger partial charge in [-0.1, -0.05) is 12.1 Å². The molecule has 1 saturated heterocycles. The van der Waals surface area contributed by atoms with Crippen LogP contribution in [0, 0.1) is 6.92 Å². The molecule has 1 aliphatic heterocycles. The first-order valence-corrected chi connectivity index (χ1v) is 9.96. The van der Waals surface area contributed by atoms with Gasteiger partial charge in [0.2, 0.25) is 0 Å². The number of amides is 1. The summed E-state index contributed by atoms with van der Waals surface area (Å²) in [7, 11) is 1.44. The fourth-order valence-electron chi connectivity index (χ4n) is 3.70. The monoisotopic (exact) mass is 473 g/mol. The third-order valence-corrected chi connectivity index (χ3v) is 5.17. The molecule has 34 heavy (non-hydrogen) atoms. The number of aliphatic hydroxyl groups excluding tert-OH is 1. The summed E-state index contributed by atoms with van der Waals surface area (Å²) in [5.41, 5.74) is 0.114. The highest BCUT2D eigenvalue weighted by Gasteiger charge is 2.48. The number of methoxy groups -OCH3 is 1. The van der Waals surface area contributed by atoms with E-state index in [0.717, 1.165) is 17.0 Å². The number of halogens is 3. The highest BCUT2D eigenvalue weighted by molar-refractivity contribution is 6.51. The predicted octanol–water partition coefficient (Wildman–Crippen LogP) is 5.12. The van der Waals surface area contributed by atoms with Crippen molar-refractivity contribution in [2.45, 2.75) is 19.3 Å². The average molecular weight is 473 g/mol. The Bertz CT molecular complexity index is 1280. The van der Waals surface area contributed by atoms with E-state index < -0.39 is 35.6 Å². The lowest BCUT2D eigenvalue weighted by atomic mass is 9.99. The van der Waals surface area contributed by atoms with Gasteiger partial charge in [-0.25, -0.2) is 0 Å². The summed E-state index contributed by atoms with van der Waals surface area (Å²) in [4.78, 5) is 27.1. The van der Waals surface area contributed by atoms with Crippen LogP contribution in [0.1, 0.15) is 23.1 Å². The number of furan rings is 1. The Morgan fingerprint density at radius 1 is 1.03 bits per heavy atom. The second-order valence-corrected chi connectivity index (χ2v) is 7.39. The number of anilines is 1. The van der Waals surface area contributed by atoms with Crippen molar-refractivity contribution in [3.8, 4) is 11.5 Å². The molecule has 3 aromatic rings. The van der Waals surface area contributed by atoms with Crippen LogP contribution >= 0.6 is 0 Å². The van der Waals surface area contributed by atoms with Gasteiger partial charge in [-0.3, -0.25) is 14.5 Å². The third-order valence-electron chi connectivity index (χ3n) is 5.17. The zero-order chi connectivity index (χ0) is 24.6. The van der Waals surface area contributed by atoms with Gasteiger partial charge in [-0.15, -0.1) is 13.2 Å². The molecule has 2 heterocycles. The number of hydrogen-bond donors (Lipinski definition) is 1. The maximum absolute atomic E-state index is 13.0. The molecule has 7 nitrogen and oxygen atoms in total. The van der Waals surface area contributed by atoms with Crippen LogP contribution in [0.25, 0.3) is 5.76 Å². The fourth-order valence-corrected chi connectivity index (χ4v) is 3.70. The Kier molecular flexibility index (Phi) is 5.82. The van der Waals surface area contributed by atoms with Crippen molar-refractivity contribution < 1.29 is 41.8 Å². The second kappa shape index (κ2) is 8.62. The highest BCUT2D eigenvalue weighted by Crippen LogP contribution is 2.43. The molecular formula is C24H18F3NO6. The lowest BCUT2D eigenvalue weighted by molar-refractivity contribution is -0.274. The van der Waals surface area contributed by atoms with Gasteiger partial charge in [0.25, 0.3) is 11.7 Å². The Morgan fingerprint density at radius 3 is 2.32 bits per heavy atom. The number of benzene rings is 2. The number of aliphatic hydroxyl groups is 1. The molecule has 0 spiro atoms. The standard InChI is InChI=1S/C24H18F3NO6/c1-13-6-11-18(33-13)20-19(21(29)14-4-3-5-17(12-14)32-2)22(30)23(31)28(20)15-7-9-16(10-8-15)34-24(25,26)27/h3-12,20,29H,1-2H3/b21-19-. The first-order valence-electron chi connectivity index (χ1n) is 9.96. The molecule has 2 aromatic carbocycles. The number of rotatable bonds is 5. The van der Waals surface area contributed by atoms with E-state index in [1.807, 2.05) is 0 Å².